The van der Waals surface area contributed by atoms with Gasteiger partial charge in [0.1, 0.15) is 0 Å². The van der Waals surface area contributed by atoms with Gasteiger partial charge in [-0.3, -0.25) is 4.79 Å². The summed E-state index contributed by atoms with van der Waals surface area (Å²) in [5.74, 6) is 15.9. The fourth-order valence-corrected chi connectivity index (χ4v) is 3.20. The van der Waals surface area contributed by atoms with E-state index in [9.17, 15) is 9.59 Å². The van der Waals surface area contributed by atoms with Crippen LogP contribution in [0, 0.1) is 47.9 Å². The molecule has 0 aliphatic rings. The number of aliphatic carboxylic acids is 2. The highest BCUT2D eigenvalue weighted by molar-refractivity contribution is 5.87. The van der Waals surface area contributed by atoms with E-state index in [1.165, 1.54) is 77.0 Å². The molecule has 0 rings (SSSR count). The van der Waals surface area contributed by atoms with E-state index in [1.54, 1.807) is 5.92 Å². The van der Waals surface area contributed by atoms with Crippen LogP contribution >= 0.6 is 0 Å². The third kappa shape index (κ3) is 36.5. The van der Waals surface area contributed by atoms with Gasteiger partial charge < -0.3 is 10.2 Å². The Labute approximate surface area is 208 Å². The molecule has 4 nitrogen and oxygen atoms in total. The highest BCUT2D eigenvalue weighted by atomic mass is 16.4. The maximum atomic E-state index is 10.4. The first kappa shape index (κ1) is 33.4. The zero-order valence-electron chi connectivity index (χ0n) is 21.2. The monoisotopic (exact) mass is 468 g/mol. The summed E-state index contributed by atoms with van der Waals surface area (Å²) in [6, 6.07) is 0. The van der Waals surface area contributed by atoms with Gasteiger partial charge in [0.25, 0.3) is 0 Å². The molecule has 0 unspecified atom stereocenters. The maximum Gasteiger partial charge on any atom is 0.382 e. The Kier molecular flexibility index (Phi) is 29.6. The smallest absolute Gasteiger partial charge is 0.382 e. The van der Waals surface area contributed by atoms with Crippen LogP contribution < -0.4 is 0 Å². The van der Waals surface area contributed by atoms with Crippen LogP contribution in [0.15, 0.2) is 0 Å². The van der Waals surface area contributed by atoms with Crippen molar-refractivity contribution in [3.8, 4) is 47.9 Å². The Bertz CT molecular complexity index is 725. The predicted octanol–water partition coefficient (Wildman–Crippen LogP) is 7.22. The SMILES string of the molecule is C#CC#CC(=O)O.CCCCCCCCCCCCC#CC#CCCCCCCCCC(=O)O. The normalized spacial score (nSPS) is 8.94. The summed E-state index contributed by atoms with van der Waals surface area (Å²) in [4.78, 5) is 19.9. The van der Waals surface area contributed by atoms with Crippen molar-refractivity contribution < 1.29 is 19.8 Å². The van der Waals surface area contributed by atoms with Crippen LogP contribution in [0.2, 0.25) is 0 Å². The van der Waals surface area contributed by atoms with Gasteiger partial charge in [-0.15, -0.1) is 6.42 Å². The molecule has 0 spiro atoms. The number of terminal acetylenes is 1. The molecule has 0 saturated carbocycles. The number of carboxylic acids is 2. The van der Waals surface area contributed by atoms with Crippen LogP contribution in [0.25, 0.3) is 0 Å². The largest absolute Gasteiger partial charge is 0.481 e. The summed E-state index contributed by atoms with van der Waals surface area (Å²) in [7, 11) is 0. The molecule has 4 heteroatoms. The van der Waals surface area contributed by atoms with Crippen LogP contribution in [-0.2, 0) is 9.59 Å². The zero-order valence-corrected chi connectivity index (χ0v) is 21.2. The van der Waals surface area contributed by atoms with Crippen LogP contribution in [0.3, 0.4) is 0 Å². The lowest BCUT2D eigenvalue weighted by atomic mass is 10.1. The molecule has 0 heterocycles. The average Bonchev–Trinajstić information content (AvgIpc) is 2.81. The molecule has 0 aromatic heterocycles. The summed E-state index contributed by atoms with van der Waals surface area (Å²) in [5, 5.41) is 16.3. The Morgan fingerprint density at radius 2 is 1.03 bits per heavy atom. The Hall–Kier alpha value is -2.82. The van der Waals surface area contributed by atoms with E-state index in [1.807, 2.05) is 11.8 Å². The van der Waals surface area contributed by atoms with Crippen molar-refractivity contribution in [1.82, 2.24) is 0 Å². The van der Waals surface area contributed by atoms with E-state index in [2.05, 4.69) is 37.0 Å². The van der Waals surface area contributed by atoms with E-state index in [0.29, 0.717) is 6.42 Å². The molecule has 0 bridgehead atoms. The summed E-state index contributed by atoms with van der Waals surface area (Å²) in [5.41, 5.74) is 0. The molecule has 2 N–H and O–H groups in total. The molecule has 0 radical (unpaired) electrons. The van der Waals surface area contributed by atoms with Gasteiger partial charge in [0.05, 0.1) is 0 Å². The number of unbranched alkanes of at least 4 members (excludes halogenated alkanes) is 16. The molecule has 0 aliphatic carbocycles. The first-order chi connectivity index (χ1) is 16.5. The van der Waals surface area contributed by atoms with Crippen molar-refractivity contribution >= 4 is 11.9 Å². The van der Waals surface area contributed by atoms with Crippen LogP contribution in [0.4, 0.5) is 0 Å². The zero-order chi connectivity index (χ0) is 25.5. The summed E-state index contributed by atoms with van der Waals surface area (Å²) < 4.78 is 0. The minimum Gasteiger partial charge on any atom is -0.481 e. The van der Waals surface area contributed by atoms with Gasteiger partial charge in [-0.05, 0) is 42.9 Å². The number of carbonyl (C=O) groups is 2. The van der Waals surface area contributed by atoms with E-state index in [4.69, 9.17) is 10.2 Å². The minimum atomic E-state index is -1.20. The van der Waals surface area contributed by atoms with Gasteiger partial charge in [-0.25, -0.2) is 4.79 Å². The molecule has 0 amide bonds. The first-order valence-corrected chi connectivity index (χ1v) is 12.9. The molecule has 0 fully saturated rings. The molecular formula is C30H44O4. The van der Waals surface area contributed by atoms with Gasteiger partial charge in [-0.1, -0.05) is 102 Å². The maximum absolute atomic E-state index is 10.4. The lowest BCUT2D eigenvalue weighted by molar-refractivity contribution is -0.137. The van der Waals surface area contributed by atoms with Gasteiger partial charge in [0.15, 0.2) is 0 Å². The third-order valence-corrected chi connectivity index (χ3v) is 5.08. The fourth-order valence-electron chi connectivity index (χ4n) is 3.20. The molecular weight excluding hydrogens is 424 g/mol. The van der Waals surface area contributed by atoms with Crippen LogP contribution in [-0.4, -0.2) is 22.2 Å². The minimum absolute atomic E-state index is 0.309. The second-order valence-corrected chi connectivity index (χ2v) is 8.25. The van der Waals surface area contributed by atoms with Gasteiger partial charge in [0, 0.05) is 25.2 Å². The van der Waals surface area contributed by atoms with Gasteiger partial charge in [-0.2, -0.15) is 0 Å². The average molecular weight is 469 g/mol. The first-order valence-electron chi connectivity index (χ1n) is 12.9. The molecule has 0 aromatic rings. The van der Waals surface area contributed by atoms with Crippen molar-refractivity contribution in [3.05, 3.63) is 0 Å². The number of hydrogen-bond acceptors (Lipinski definition) is 2. The Morgan fingerprint density at radius 1 is 0.618 bits per heavy atom. The topological polar surface area (TPSA) is 74.6 Å². The lowest BCUT2D eigenvalue weighted by Crippen LogP contribution is -1.93. The lowest BCUT2D eigenvalue weighted by Gasteiger charge is -2.00. The van der Waals surface area contributed by atoms with Gasteiger partial charge >= 0.3 is 11.9 Å². The third-order valence-electron chi connectivity index (χ3n) is 5.08. The Morgan fingerprint density at radius 3 is 1.38 bits per heavy atom. The van der Waals surface area contributed by atoms with E-state index in [-0.39, 0.29) is 0 Å². The molecule has 0 aliphatic heterocycles. The van der Waals surface area contributed by atoms with Crippen LogP contribution in [0.5, 0.6) is 0 Å². The summed E-state index contributed by atoms with van der Waals surface area (Å²) in [6.45, 7) is 2.27. The molecule has 188 valence electrons. The number of hydrogen-bond donors (Lipinski definition) is 2. The summed E-state index contributed by atoms with van der Waals surface area (Å²) >= 11 is 0. The number of carboxylic acid groups (broad SMARTS) is 2. The van der Waals surface area contributed by atoms with Crippen molar-refractivity contribution in [1.29, 1.82) is 0 Å². The molecule has 0 aromatic carbocycles. The standard InChI is InChI=1S/C25H42O2.C5H2O2/c1-2-3-4-5-6-7-8-9-10-11-12-13-14-15-16-17-18-19-20-21-22-23-24-25(26)27;1-2-3-4-5(6)7/h2-12,17-24H2,1H3,(H,26,27);1H,(H,6,7). The molecule has 0 saturated heterocycles. The quantitative estimate of drug-likeness (QED) is 0.164. The Balaban J connectivity index is 0. The highest BCUT2D eigenvalue weighted by Gasteiger charge is 1.96. The predicted molar refractivity (Wildman–Crippen MR) is 141 cm³/mol. The van der Waals surface area contributed by atoms with Gasteiger partial charge in [0.2, 0.25) is 0 Å². The second-order valence-electron chi connectivity index (χ2n) is 8.25. The van der Waals surface area contributed by atoms with Crippen molar-refractivity contribution in [2.24, 2.45) is 0 Å². The van der Waals surface area contributed by atoms with E-state index >= 15 is 0 Å². The van der Waals surface area contributed by atoms with Crippen LogP contribution in [0.1, 0.15) is 129 Å². The highest BCUT2D eigenvalue weighted by Crippen LogP contribution is 2.11. The number of rotatable bonds is 18. The van der Waals surface area contributed by atoms with E-state index < -0.39 is 11.9 Å². The van der Waals surface area contributed by atoms with Crippen molar-refractivity contribution in [2.75, 3.05) is 0 Å². The second kappa shape index (κ2) is 30.2. The summed E-state index contributed by atoms with van der Waals surface area (Å²) in [6.07, 6.45) is 27.0. The molecule has 0 atom stereocenters. The molecule has 34 heavy (non-hydrogen) atoms. The van der Waals surface area contributed by atoms with E-state index in [0.717, 1.165) is 38.5 Å². The van der Waals surface area contributed by atoms with Crippen molar-refractivity contribution in [2.45, 2.75) is 129 Å². The fraction of sp³-hybridized carbons (Fsp3) is 0.667. The van der Waals surface area contributed by atoms with Crippen molar-refractivity contribution in [3.63, 3.8) is 0 Å².